The second-order valence-corrected chi connectivity index (χ2v) is 6.17. The number of pyridine rings is 1. The summed E-state index contributed by atoms with van der Waals surface area (Å²) in [6, 6.07) is 10.4. The van der Waals surface area contributed by atoms with Crippen molar-refractivity contribution in [3.63, 3.8) is 0 Å². The molecular weight excluding hydrogens is 342 g/mol. The van der Waals surface area contributed by atoms with Crippen LogP contribution in [0.5, 0.6) is 0 Å². The Kier molecular flexibility index (Phi) is 5.16. The predicted octanol–water partition coefficient (Wildman–Crippen LogP) is 2.54. The number of anilines is 3. The fraction of sp³-hybridized carbons (Fsp3) is 0.235. The third-order valence-corrected chi connectivity index (χ3v) is 4.05. The molecule has 1 aromatic heterocycles. The summed E-state index contributed by atoms with van der Waals surface area (Å²) in [6.45, 7) is 0. The van der Waals surface area contributed by atoms with Crippen LogP contribution in [0.3, 0.4) is 0 Å². The molecular formula is C17H18ClN5O2. The van der Waals surface area contributed by atoms with Crippen LogP contribution in [0.15, 0.2) is 42.6 Å². The van der Waals surface area contributed by atoms with Gasteiger partial charge >= 0.3 is 0 Å². The molecule has 0 bridgehead atoms. The normalized spacial score (nSPS) is 17.3. The number of carbonyl (C=O) groups excluding carboxylic acids is 2. The summed E-state index contributed by atoms with van der Waals surface area (Å²) in [4.78, 5) is 27.9. The maximum absolute atomic E-state index is 12.3. The smallest absolute Gasteiger partial charge is 0.244 e. The van der Waals surface area contributed by atoms with Crippen molar-refractivity contribution in [1.29, 1.82) is 0 Å². The topological polar surface area (TPSA) is 86.4 Å². The van der Waals surface area contributed by atoms with E-state index in [0.29, 0.717) is 23.7 Å². The van der Waals surface area contributed by atoms with Crippen LogP contribution in [-0.2, 0) is 9.59 Å². The van der Waals surface area contributed by atoms with E-state index in [9.17, 15) is 9.59 Å². The maximum Gasteiger partial charge on any atom is 0.244 e. The third-order valence-electron chi connectivity index (χ3n) is 3.81. The molecule has 2 amide bonds. The molecule has 130 valence electrons. The fourth-order valence-electron chi connectivity index (χ4n) is 2.48. The van der Waals surface area contributed by atoms with Gasteiger partial charge < -0.3 is 10.6 Å². The molecule has 1 aliphatic rings. The van der Waals surface area contributed by atoms with Crippen molar-refractivity contribution in [2.75, 3.05) is 17.7 Å². The van der Waals surface area contributed by atoms with E-state index in [1.54, 1.807) is 25.4 Å². The highest BCUT2D eigenvalue weighted by Gasteiger charge is 2.27. The molecule has 8 heteroatoms. The first-order valence-corrected chi connectivity index (χ1v) is 8.21. The predicted molar refractivity (Wildman–Crippen MR) is 96.5 cm³/mol. The van der Waals surface area contributed by atoms with Gasteiger partial charge in [0.05, 0.1) is 11.9 Å². The molecule has 0 saturated carbocycles. The van der Waals surface area contributed by atoms with E-state index >= 15 is 0 Å². The number of halogens is 1. The van der Waals surface area contributed by atoms with Crippen molar-refractivity contribution in [3.8, 4) is 0 Å². The Hall–Kier alpha value is -2.64. The van der Waals surface area contributed by atoms with E-state index in [0.717, 1.165) is 11.4 Å². The Morgan fingerprint density at radius 3 is 2.84 bits per heavy atom. The van der Waals surface area contributed by atoms with Crippen LogP contribution in [0.1, 0.15) is 12.8 Å². The standard InChI is InChI=1S/C17H18ClN5O2/c1-23-16(24)8-6-14(22-23)17(25)21-15-7-5-13(10-19-15)20-12-4-2-3-11(18)9-12/h2-5,7,9-10,14,20,22H,6,8H2,1H3,(H,19,21,25). The summed E-state index contributed by atoms with van der Waals surface area (Å²) in [5.41, 5.74) is 4.49. The molecule has 0 spiro atoms. The van der Waals surface area contributed by atoms with E-state index < -0.39 is 6.04 Å². The first-order valence-electron chi connectivity index (χ1n) is 7.83. The summed E-state index contributed by atoms with van der Waals surface area (Å²) >= 11 is 5.95. The average Bonchev–Trinajstić information content (AvgIpc) is 2.59. The zero-order valence-corrected chi connectivity index (χ0v) is 14.4. The molecule has 1 aromatic carbocycles. The Morgan fingerprint density at radius 2 is 2.16 bits per heavy atom. The molecule has 1 atom stereocenters. The maximum atomic E-state index is 12.3. The zero-order chi connectivity index (χ0) is 17.8. The van der Waals surface area contributed by atoms with Crippen molar-refractivity contribution < 1.29 is 9.59 Å². The third kappa shape index (κ3) is 4.46. The molecule has 1 unspecified atom stereocenters. The Balaban J connectivity index is 1.59. The van der Waals surface area contributed by atoms with Crippen molar-refractivity contribution in [3.05, 3.63) is 47.6 Å². The van der Waals surface area contributed by atoms with E-state index in [4.69, 9.17) is 11.6 Å². The van der Waals surface area contributed by atoms with Gasteiger partial charge in [-0.15, -0.1) is 0 Å². The SMILES string of the molecule is CN1NC(C(=O)Nc2ccc(Nc3cccc(Cl)c3)cn2)CCC1=O. The Bertz CT molecular complexity index is 781. The van der Waals surface area contributed by atoms with Gasteiger partial charge in [0.15, 0.2) is 0 Å². The van der Waals surface area contributed by atoms with Gasteiger partial charge in [0.1, 0.15) is 11.9 Å². The quantitative estimate of drug-likeness (QED) is 0.781. The van der Waals surface area contributed by atoms with Crippen LogP contribution in [0.25, 0.3) is 0 Å². The number of hydrazine groups is 1. The number of aromatic nitrogens is 1. The molecule has 2 aromatic rings. The summed E-state index contributed by atoms with van der Waals surface area (Å²) in [7, 11) is 1.61. The number of benzene rings is 1. The second-order valence-electron chi connectivity index (χ2n) is 5.73. The van der Waals surface area contributed by atoms with Gasteiger partial charge in [0, 0.05) is 24.2 Å². The Morgan fingerprint density at radius 1 is 1.32 bits per heavy atom. The molecule has 2 heterocycles. The average molecular weight is 360 g/mol. The number of hydrogen-bond acceptors (Lipinski definition) is 5. The van der Waals surface area contributed by atoms with Crippen LogP contribution in [-0.4, -0.2) is 34.9 Å². The fourth-order valence-corrected chi connectivity index (χ4v) is 2.67. The summed E-state index contributed by atoms with van der Waals surface area (Å²) in [6.07, 6.45) is 2.43. The number of carbonyl (C=O) groups is 2. The lowest BCUT2D eigenvalue weighted by Crippen LogP contribution is -2.54. The van der Waals surface area contributed by atoms with Gasteiger partial charge in [-0.1, -0.05) is 17.7 Å². The highest BCUT2D eigenvalue weighted by molar-refractivity contribution is 6.30. The summed E-state index contributed by atoms with van der Waals surface area (Å²) in [5.74, 6) is 0.198. The lowest BCUT2D eigenvalue weighted by Gasteiger charge is -2.29. The van der Waals surface area contributed by atoms with Gasteiger partial charge in [-0.05, 0) is 36.8 Å². The minimum Gasteiger partial charge on any atom is -0.354 e. The van der Waals surface area contributed by atoms with Crippen LogP contribution in [0, 0.1) is 0 Å². The van der Waals surface area contributed by atoms with Crippen molar-refractivity contribution in [2.45, 2.75) is 18.9 Å². The van der Waals surface area contributed by atoms with Gasteiger partial charge in [-0.25, -0.2) is 10.4 Å². The van der Waals surface area contributed by atoms with Gasteiger partial charge in [-0.3, -0.25) is 14.6 Å². The lowest BCUT2D eigenvalue weighted by atomic mass is 10.1. The largest absolute Gasteiger partial charge is 0.354 e. The minimum absolute atomic E-state index is 0.0291. The highest BCUT2D eigenvalue weighted by Crippen LogP contribution is 2.20. The van der Waals surface area contributed by atoms with Crippen molar-refractivity contribution >= 4 is 40.6 Å². The first kappa shape index (κ1) is 17.2. The number of nitrogens with zero attached hydrogens (tertiary/aromatic N) is 2. The van der Waals surface area contributed by atoms with Crippen molar-refractivity contribution in [1.82, 2.24) is 15.4 Å². The number of hydrogen-bond donors (Lipinski definition) is 3. The zero-order valence-electron chi connectivity index (χ0n) is 13.6. The van der Waals surface area contributed by atoms with Gasteiger partial charge in [-0.2, -0.15) is 0 Å². The summed E-state index contributed by atoms with van der Waals surface area (Å²) < 4.78 is 0. The van der Waals surface area contributed by atoms with E-state index in [-0.39, 0.29) is 11.8 Å². The monoisotopic (exact) mass is 359 g/mol. The molecule has 1 saturated heterocycles. The minimum atomic E-state index is -0.450. The number of nitrogens with one attached hydrogen (secondary N) is 3. The molecule has 3 N–H and O–H groups in total. The molecule has 1 fully saturated rings. The first-order chi connectivity index (χ1) is 12.0. The van der Waals surface area contributed by atoms with Crippen LogP contribution < -0.4 is 16.1 Å². The van der Waals surface area contributed by atoms with Crippen LogP contribution >= 0.6 is 11.6 Å². The molecule has 7 nitrogen and oxygen atoms in total. The molecule has 3 rings (SSSR count). The summed E-state index contributed by atoms with van der Waals surface area (Å²) in [5, 5.41) is 7.92. The van der Waals surface area contributed by atoms with E-state index in [2.05, 4.69) is 21.0 Å². The molecule has 25 heavy (non-hydrogen) atoms. The number of amides is 2. The Labute approximate surface area is 150 Å². The molecule has 0 radical (unpaired) electrons. The second kappa shape index (κ2) is 7.50. The molecule has 0 aliphatic carbocycles. The van der Waals surface area contributed by atoms with E-state index in [1.165, 1.54) is 5.01 Å². The van der Waals surface area contributed by atoms with Crippen LogP contribution in [0.4, 0.5) is 17.2 Å². The number of rotatable bonds is 4. The van der Waals surface area contributed by atoms with E-state index in [1.807, 2.05) is 24.3 Å². The lowest BCUT2D eigenvalue weighted by molar-refractivity contribution is -0.138. The van der Waals surface area contributed by atoms with Gasteiger partial charge in [0.25, 0.3) is 0 Å². The highest BCUT2D eigenvalue weighted by atomic mass is 35.5. The van der Waals surface area contributed by atoms with Crippen molar-refractivity contribution in [2.24, 2.45) is 0 Å². The van der Waals surface area contributed by atoms with Gasteiger partial charge in [0.2, 0.25) is 11.8 Å². The van der Waals surface area contributed by atoms with Crippen LogP contribution in [0.2, 0.25) is 5.02 Å². The molecule has 1 aliphatic heterocycles.